The predicted molar refractivity (Wildman–Crippen MR) is 127 cm³/mol. The van der Waals surface area contributed by atoms with Crippen molar-refractivity contribution in [3.8, 4) is 0 Å². The third-order valence-electron chi connectivity index (χ3n) is 7.11. The first-order chi connectivity index (χ1) is 15.0. The topological polar surface area (TPSA) is 104 Å². The van der Waals surface area contributed by atoms with Gasteiger partial charge in [-0.05, 0) is 71.6 Å². The quantitative estimate of drug-likeness (QED) is 0.524. The largest absolute Gasteiger partial charge is 0.352 e. The number of sulfonamides is 1. The van der Waals surface area contributed by atoms with Crippen molar-refractivity contribution in [1.29, 1.82) is 0 Å². The molecular formula is C24H30N4O3S. The molecule has 4 rings (SSSR count). The second kappa shape index (κ2) is 7.92. The molecule has 0 bridgehead atoms. The van der Waals surface area contributed by atoms with E-state index in [1.165, 1.54) is 5.56 Å². The lowest BCUT2D eigenvalue weighted by molar-refractivity contribution is 0.0932. The molecule has 3 N–H and O–H groups in total. The van der Waals surface area contributed by atoms with E-state index in [1.54, 1.807) is 12.4 Å². The summed E-state index contributed by atoms with van der Waals surface area (Å²) in [5.41, 5.74) is 5.13. The number of hydrogen-bond acceptors (Lipinski definition) is 4. The van der Waals surface area contributed by atoms with Crippen LogP contribution in [0.5, 0.6) is 0 Å². The summed E-state index contributed by atoms with van der Waals surface area (Å²) in [6, 6.07) is 11.3. The first-order valence-corrected chi connectivity index (χ1v) is 12.7. The number of fused-ring (bicyclic) bond motifs is 2. The van der Waals surface area contributed by atoms with Crippen LogP contribution in [0.4, 0.5) is 5.69 Å². The van der Waals surface area contributed by atoms with Crippen molar-refractivity contribution >= 4 is 32.7 Å². The highest BCUT2D eigenvalue weighted by Crippen LogP contribution is 2.52. The molecule has 0 aliphatic heterocycles. The van der Waals surface area contributed by atoms with Crippen molar-refractivity contribution in [2.24, 2.45) is 5.41 Å². The van der Waals surface area contributed by atoms with E-state index in [9.17, 15) is 13.2 Å². The van der Waals surface area contributed by atoms with Gasteiger partial charge in [-0.1, -0.05) is 26.8 Å². The van der Waals surface area contributed by atoms with Crippen molar-refractivity contribution in [3.63, 3.8) is 0 Å². The van der Waals surface area contributed by atoms with Gasteiger partial charge in [0.1, 0.15) is 0 Å². The molecular weight excluding hydrogens is 424 g/mol. The van der Waals surface area contributed by atoms with Gasteiger partial charge in [-0.15, -0.1) is 0 Å². The number of carbonyl (C=O) groups excluding carboxylic acids is 1. The molecule has 0 saturated heterocycles. The Morgan fingerprint density at radius 3 is 2.69 bits per heavy atom. The Bertz CT molecular complexity index is 1280. The Hall–Kier alpha value is -2.87. The number of H-pyrrole nitrogens is 1. The van der Waals surface area contributed by atoms with Gasteiger partial charge in [0.05, 0.1) is 23.6 Å². The fourth-order valence-corrected chi connectivity index (χ4v) is 5.34. The van der Waals surface area contributed by atoms with E-state index in [0.29, 0.717) is 17.8 Å². The highest BCUT2D eigenvalue weighted by Gasteiger charge is 2.45. The summed E-state index contributed by atoms with van der Waals surface area (Å²) < 4.78 is 25.8. The third kappa shape index (κ3) is 4.24. The van der Waals surface area contributed by atoms with E-state index in [4.69, 9.17) is 0 Å². The lowest BCUT2D eigenvalue weighted by atomic mass is 9.55. The first kappa shape index (κ1) is 22.3. The Labute approximate surface area is 189 Å². The molecule has 1 atom stereocenters. The van der Waals surface area contributed by atoms with Crippen LogP contribution in [0.1, 0.15) is 55.1 Å². The van der Waals surface area contributed by atoms with Gasteiger partial charge in [-0.25, -0.2) is 13.4 Å². The van der Waals surface area contributed by atoms with Gasteiger partial charge in [0.2, 0.25) is 10.0 Å². The van der Waals surface area contributed by atoms with Gasteiger partial charge in [-0.2, -0.15) is 0 Å². The molecule has 1 heterocycles. The first-order valence-electron chi connectivity index (χ1n) is 10.8. The van der Waals surface area contributed by atoms with E-state index < -0.39 is 10.0 Å². The minimum Gasteiger partial charge on any atom is -0.352 e. The van der Waals surface area contributed by atoms with E-state index in [-0.39, 0.29) is 16.7 Å². The zero-order chi connectivity index (χ0) is 23.1. The van der Waals surface area contributed by atoms with Crippen molar-refractivity contribution in [1.82, 2.24) is 15.3 Å². The predicted octanol–water partition coefficient (Wildman–Crippen LogP) is 3.98. The number of rotatable bonds is 6. The summed E-state index contributed by atoms with van der Waals surface area (Å²) in [6.45, 7) is 7.33. The van der Waals surface area contributed by atoms with E-state index in [2.05, 4.69) is 40.8 Å². The van der Waals surface area contributed by atoms with Gasteiger partial charge in [-0.3, -0.25) is 9.52 Å². The number of aromatic amines is 1. The number of benzene rings is 2. The molecule has 0 spiro atoms. The Balaban J connectivity index is 1.52. The fraction of sp³-hybridized carbons (Fsp3) is 0.417. The van der Waals surface area contributed by atoms with Crippen LogP contribution in [0.15, 0.2) is 42.7 Å². The monoisotopic (exact) mass is 454 g/mol. The van der Waals surface area contributed by atoms with Crippen molar-refractivity contribution in [2.75, 3.05) is 17.5 Å². The Kier molecular flexibility index (Phi) is 5.53. The molecule has 2 aromatic carbocycles. The summed E-state index contributed by atoms with van der Waals surface area (Å²) in [6.07, 6.45) is 5.44. The molecule has 0 fully saturated rings. The molecule has 0 radical (unpaired) electrons. The third-order valence-corrected chi connectivity index (χ3v) is 7.72. The molecule has 170 valence electrons. The number of aromatic nitrogens is 2. The zero-order valence-electron chi connectivity index (χ0n) is 19.0. The maximum atomic E-state index is 12.7. The minimum atomic E-state index is -3.32. The number of anilines is 1. The number of nitrogens with zero attached hydrogens (tertiary/aromatic N) is 1. The second-order valence-corrected chi connectivity index (χ2v) is 11.4. The number of nitrogens with one attached hydrogen (secondary N) is 3. The lowest BCUT2D eigenvalue weighted by Gasteiger charge is -2.49. The Morgan fingerprint density at radius 1 is 1.16 bits per heavy atom. The van der Waals surface area contributed by atoms with Gasteiger partial charge >= 0.3 is 0 Å². The highest BCUT2D eigenvalue weighted by molar-refractivity contribution is 7.92. The van der Waals surface area contributed by atoms with Crippen LogP contribution >= 0.6 is 0 Å². The lowest BCUT2D eigenvalue weighted by Crippen LogP contribution is -2.45. The molecule has 1 aromatic heterocycles. The SMILES string of the molecule is CC1(C)CCc2cc(NS(C)(=O)=O)ccc2C1(C)CCNC(=O)c1ccc2nc[nH]c2c1. The minimum absolute atomic E-state index is 0.0331. The molecule has 8 heteroatoms. The van der Waals surface area contributed by atoms with Crippen LogP contribution in [0.2, 0.25) is 0 Å². The van der Waals surface area contributed by atoms with E-state index >= 15 is 0 Å². The van der Waals surface area contributed by atoms with Gasteiger partial charge in [0.15, 0.2) is 0 Å². The Morgan fingerprint density at radius 2 is 1.94 bits per heavy atom. The molecule has 1 aliphatic rings. The number of hydrogen-bond donors (Lipinski definition) is 3. The van der Waals surface area contributed by atoms with Crippen molar-refractivity contribution < 1.29 is 13.2 Å². The summed E-state index contributed by atoms with van der Waals surface area (Å²) >= 11 is 0. The van der Waals surface area contributed by atoms with E-state index in [0.717, 1.165) is 42.1 Å². The molecule has 1 amide bonds. The fourth-order valence-electron chi connectivity index (χ4n) is 4.78. The highest BCUT2D eigenvalue weighted by atomic mass is 32.2. The summed E-state index contributed by atoms with van der Waals surface area (Å²) in [7, 11) is -3.32. The summed E-state index contributed by atoms with van der Waals surface area (Å²) in [4.78, 5) is 20.0. The van der Waals surface area contributed by atoms with Gasteiger partial charge < -0.3 is 10.3 Å². The van der Waals surface area contributed by atoms with Crippen LogP contribution in [0.3, 0.4) is 0 Å². The number of imidazole rings is 1. The van der Waals surface area contributed by atoms with Crippen molar-refractivity contribution in [3.05, 3.63) is 59.4 Å². The average molecular weight is 455 g/mol. The van der Waals surface area contributed by atoms with Crippen LogP contribution < -0.4 is 10.0 Å². The number of aryl methyl sites for hydroxylation is 1. The molecule has 7 nitrogen and oxygen atoms in total. The molecule has 32 heavy (non-hydrogen) atoms. The smallest absolute Gasteiger partial charge is 0.251 e. The van der Waals surface area contributed by atoms with Gasteiger partial charge in [0, 0.05) is 17.8 Å². The van der Waals surface area contributed by atoms with Crippen LogP contribution in [0, 0.1) is 5.41 Å². The normalized spacial score (nSPS) is 20.0. The number of amides is 1. The van der Waals surface area contributed by atoms with Crippen LogP contribution in [-0.4, -0.2) is 37.1 Å². The molecule has 0 saturated carbocycles. The summed E-state index contributed by atoms with van der Waals surface area (Å²) in [5.74, 6) is -0.105. The van der Waals surface area contributed by atoms with Crippen LogP contribution in [0.25, 0.3) is 11.0 Å². The number of carbonyl (C=O) groups is 1. The maximum Gasteiger partial charge on any atom is 0.251 e. The second-order valence-electron chi connectivity index (χ2n) is 9.60. The summed E-state index contributed by atoms with van der Waals surface area (Å²) in [5, 5.41) is 3.07. The average Bonchev–Trinajstić information content (AvgIpc) is 3.18. The molecule has 1 aliphatic carbocycles. The van der Waals surface area contributed by atoms with Crippen molar-refractivity contribution in [2.45, 2.75) is 45.4 Å². The standard InChI is InChI=1S/C24H30N4O3S/c1-23(2)10-9-16-13-18(28-32(4,30)31)6-7-19(16)24(23,3)11-12-25-22(29)17-5-8-20-21(14-17)27-15-26-20/h5-8,13-15,28H,9-12H2,1-4H3,(H,25,29)(H,26,27). The van der Waals surface area contributed by atoms with E-state index in [1.807, 2.05) is 30.3 Å². The maximum absolute atomic E-state index is 12.7. The zero-order valence-corrected chi connectivity index (χ0v) is 19.8. The van der Waals surface area contributed by atoms with Crippen LogP contribution in [-0.2, 0) is 21.9 Å². The van der Waals surface area contributed by atoms with Gasteiger partial charge in [0.25, 0.3) is 5.91 Å². The molecule has 1 unspecified atom stereocenters. The molecule has 3 aromatic rings.